The molecule has 0 saturated heterocycles. The summed E-state index contributed by atoms with van der Waals surface area (Å²) in [5.41, 5.74) is 3.33. The van der Waals surface area contributed by atoms with Gasteiger partial charge in [-0.2, -0.15) is 0 Å². The van der Waals surface area contributed by atoms with Gasteiger partial charge in [-0.1, -0.05) is 6.07 Å². The number of ether oxygens (including phenoxy) is 1. The van der Waals surface area contributed by atoms with Crippen molar-refractivity contribution >= 4 is 6.21 Å². The van der Waals surface area contributed by atoms with Gasteiger partial charge in [-0.3, -0.25) is 9.98 Å². The molecule has 0 atom stereocenters. The van der Waals surface area contributed by atoms with E-state index in [0.717, 1.165) is 35.3 Å². The molecule has 0 aliphatic heterocycles. The highest BCUT2D eigenvalue weighted by molar-refractivity contribution is 5.86. The first-order chi connectivity index (χ1) is 11.8. The van der Waals surface area contributed by atoms with Crippen molar-refractivity contribution in [2.24, 2.45) is 4.99 Å². The molecule has 1 fully saturated rings. The van der Waals surface area contributed by atoms with E-state index in [0.29, 0.717) is 12.1 Å². The summed E-state index contributed by atoms with van der Waals surface area (Å²) in [6.07, 6.45) is 10.3. The number of hydrogen-bond acceptors (Lipinski definition) is 4. The van der Waals surface area contributed by atoms with Crippen LogP contribution in [0.25, 0.3) is 11.1 Å². The average molecular weight is 323 g/mol. The van der Waals surface area contributed by atoms with Gasteiger partial charge in [0, 0.05) is 30.2 Å². The summed E-state index contributed by atoms with van der Waals surface area (Å²) in [4.78, 5) is 8.90. The van der Waals surface area contributed by atoms with Gasteiger partial charge in [0.05, 0.1) is 13.2 Å². The minimum atomic E-state index is 0.420. The van der Waals surface area contributed by atoms with E-state index in [1.165, 1.54) is 12.8 Å². The second-order valence-corrected chi connectivity index (χ2v) is 6.26. The minimum Gasteiger partial charge on any atom is -0.496 e. The van der Waals surface area contributed by atoms with Crippen LogP contribution in [0.1, 0.15) is 31.2 Å². The van der Waals surface area contributed by atoms with E-state index in [9.17, 15) is 0 Å². The van der Waals surface area contributed by atoms with Gasteiger partial charge in [0.2, 0.25) is 0 Å². The molecule has 1 saturated carbocycles. The number of aromatic nitrogens is 1. The lowest BCUT2D eigenvalue weighted by Gasteiger charge is -2.25. The zero-order valence-corrected chi connectivity index (χ0v) is 14.4. The highest BCUT2D eigenvalue weighted by Gasteiger charge is 2.18. The molecule has 0 radical (unpaired) electrons. The van der Waals surface area contributed by atoms with E-state index in [2.05, 4.69) is 22.4 Å². The molecule has 4 heteroatoms. The number of benzene rings is 1. The molecule has 0 amide bonds. The maximum Gasteiger partial charge on any atom is 0.127 e. The van der Waals surface area contributed by atoms with Crippen molar-refractivity contribution in [1.82, 2.24) is 10.3 Å². The number of nitrogens with zero attached hydrogens (tertiary/aromatic N) is 2. The van der Waals surface area contributed by atoms with Crippen LogP contribution < -0.4 is 10.1 Å². The second kappa shape index (κ2) is 8.06. The van der Waals surface area contributed by atoms with Gasteiger partial charge in [0.15, 0.2) is 0 Å². The molecule has 24 heavy (non-hydrogen) atoms. The monoisotopic (exact) mass is 323 g/mol. The minimum absolute atomic E-state index is 0.420. The van der Waals surface area contributed by atoms with Crippen LogP contribution in [0.3, 0.4) is 0 Å². The molecule has 1 aliphatic carbocycles. The summed E-state index contributed by atoms with van der Waals surface area (Å²) in [5, 5.41) is 3.37. The van der Waals surface area contributed by atoms with E-state index < -0.39 is 0 Å². The maximum absolute atomic E-state index is 5.50. The number of hydrogen-bond donors (Lipinski definition) is 1. The predicted octanol–water partition coefficient (Wildman–Crippen LogP) is 3.71. The van der Waals surface area contributed by atoms with Crippen LogP contribution in [0.5, 0.6) is 5.75 Å². The molecule has 0 spiro atoms. The van der Waals surface area contributed by atoms with Crippen LogP contribution >= 0.6 is 0 Å². The van der Waals surface area contributed by atoms with E-state index in [-0.39, 0.29) is 0 Å². The summed E-state index contributed by atoms with van der Waals surface area (Å²) < 4.78 is 5.50. The largest absolute Gasteiger partial charge is 0.496 e. The first-order valence-corrected chi connectivity index (χ1v) is 8.59. The lowest BCUT2D eigenvalue weighted by Crippen LogP contribution is -2.31. The van der Waals surface area contributed by atoms with Crippen molar-refractivity contribution in [2.45, 2.75) is 37.8 Å². The Balaban J connectivity index is 1.78. The molecule has 1 aliphatic rings. The van der Waals surface area contributed by atoms with E-state index >= 15 is 0 Å². The fraction of sp³-hybridized carbons (Fsp3) is 0.400. The van der Waals surface area contributed by atoms with Gasteiger partial charge in [-0.05, 0) is 68.1 Å². The number of nitrogens with one attached hydrogen (secondary N) is 1. The molecule has 1 heterocycles. The number of rotatable bonds is 5. The van der Waals surface area contributed by atoms with Gasteiger partial charge in [-0.25, -0.2) is 0 Å². The van der Waals surface area contributed by atoms with Crippen LogP contribution in [0.2, 0.25) is 0 Å². The van der Waals surface area contributed by atoms with Gasteiger partial charge in [0.1, 0.15) is 5.75 Å². The molecular formula is C20H25N3O. The SMILES string of the molecule is CN[C@H]1CC[C@H](/N=C\c2cc(-c3ccncc3)ccc2OC)CC1. The van der Waals surface area contributed by atoms with E-state index in [4.69, 9.17) is 9.73 Å². The van der Waals surface area contributed by atoms with E-state index in [1.54, 1.807) is 7.11 Å². The van der Waals surface area contributed by atoms with Crippen molar-refractivity contribution in [3.05, 3.63) is 48.3 Å². The molecule has 0 unspecified atom stereocenters. The Morgan fingerprint density at radius 3 is 2.50 bits per heavy atom. The molecule has 1 N–H and O–H groups in total. The summed E-state index contributed by atoms with van der Waals surface area (Å²) in [6.45, 7) is 0. The molecule has 2 aromatic rings. The summed E-state index contributed by atoms with van der Waals surface area (Å²) in [6, 6.07) is 11.3. The third-order valence-electron chi connectivity index (χ3n) is 4.77. The summed E-state index contributed by atoms with van der Waals surface area (Å²) in [5.74, 6) is 0.862. The highest BCUT2D eigenvalue weighted by atomic mass is 16.5. The first-order valence-electron chi connectivity index (χ1n) is 8.59. The Morgan fingerprint density at radius 1 is 1.08 bits per heavy atom. The molecular weight excluding hydrogens is 298 g/mol. The Labute approximate surface area is 144 Å². The summed E-state index contributed by atoms with van der Waals surface area (Å²) in [7, 11) is 3.75. The lowest BCUT2D eigenvalue weighted by atomic mass is 9.91. The fourth-order valence-electron chi connectivity index (χ4n) is 3.26. The standard InChI is InChI=1S/C20H25N3O/c1-21-18-4-6-19(7-5-18)23-14-17-13-16(3-8-20(17)24-2)15-9-11-22-12-10-15/h3,8-14,18-19,21H,4-7H2,1-2H3/b23-14-/t18-,19-. The third-order valence-corrected chi connectivity index (χ3v) is 4.77. The molecule has 3 rings (SSSR count). The molecule has 1 aromatic carbocycles. The maximum atomic E-state index is 5.50. The molecule has 0 bridgehead atoms. The fourth-order valence-corrected chi connectivity index (χ4v) is 3.26. The van der Waals surface area contributed by atoms with Gasteiger partial charge in [0.25, 0.3) is 0 Å². The van der Waals surface area contributed by atoms with Crippen LogP contribution in [0, 0.1) is 0 Å². The van der Waals surface area contributed by atoms with Crippen molar-refractivity contribution in [1.29, 1.82) is 0 Å². The molecule has 1 aromatic heterocycles. The number of aliphatic imine (C=N–C) groups is 1. The van der Waals surface area contributed by atoms with Gasteiger partial charge >= 0.3 is 0 Å². The predicted molar refractivity (Wildman–Crippen MR) is 98.9 cm³/mol. The van der Waals surface area contributed by atoms with Crippen LogP contribution in [-0.2, 0) is 0 Å². The van der Waals surface area contributed by atoms with E-state index in [1.807, 2.05) is 43.9 Å². The number of methoxy groups -OCH3 is 1. The van der Waals surface area contributed by atoms with Gasteiger partial charge < -0.3 is 10.1 Å². The van der Waals surface area contributed by atoms with Crippen molar-refractivity contribution in [3.63, 3.8) is 0 Å². The lowest BCUT2D eigenvalue weighted by molar-refractivity contribution is 0.360. The zero-order chi connectivity index (χ0) is 16.8. The molecule has 126 valence electrons. The normalized spacial score (nSPS) is 21.1. The smallest absolute Gasteiger partial charge is 0.127 e. The van der Waals surface area contributed by atoms with Crippen molar-refractivity contribution in [3.8, 4) is 16.9 Å². The Bertz CT molecular complexity index is 677. The van der Waals surface area contributed by atoms with Crippen molar-refractivity contribution < 1.29 is 4.74 Å². The van der Waals surface area contributed by atoms with Crippen molar-refractivity contribution in [2.75, 3.05) is 14.2 Å². The Hall–Kier alpha value is -2.20. The Morgan fingerprint density at radius 2 is 1.83 bits per heavy atom. The first kappa shape index (κ1) is 16.7. The number of pyridine rings is 1. The Kier molecular flexibility index (Phi) is 5.59. The third kappa shape index (κ3) is 4.01. The van der Waals surface area contributed by atoms with Crippen LogP contribution in [0.15, 0.2) is 47.7 Å². The molecule has 4 nitrogen and oxygen atoms in total. The van der Waals surface area contributed by atoms with Crippen LogP contribution in [0.4, 0.5) is 0 Å². The summed E-state index contributed by atoms with van der Waals surface area (Å²) >= 11 is 0. The average Bonchev–Trinajstić information content (AvgIpc) is 2.67. The quantitative estimate of drug-likeness (QED) is 0.853. The van der Waals surface area contributed by atoms with Crippen LogP contribution in [-0.4, -0.2) is 37.4 Å². The van der Waals surface area contributed by atoms with Gasteiger partial charge in [-0.15, -0.1) is 0 Å². The second-order valence-electron chi connectivity index (χ2n) is 6.26. The zero-order valence-electron chi connectivity index (χ0n) is 14.4. The highest BCUT2D eigenvalue weighted by Crippen LogP contribution is 2.26. The topological polar surface area (TPSA) is 46.5 Å².